The predicted molar refractivity (Wildman–Crippen MR) is 55.2 cm³/mol. The molecule has 0 bridgehead atoms. The van der Waals surface area contributed by atoms with Crippen molar-refractivity contribution in [2.45, 2.75) is 5.67 Å². The summed E-state index contributed by atoms with van der Waals surface area (Å²) in [5.41, 5.74) is 1.91. The van der Waals surface area contributed by atoms with Crippen molar-refractivity contribution in [1.29, 1.82) is 0 Å². The molecule has 0 saturated heterocycles. The van der Waals surface area contributed by atoms with E-state index in [1.54, 1.807) is 0 Å². The van der Waals surface area contributed by atoms with Crippen LogP contribution in [0.3, 0.4) is 0 Å². The first-order valence-electron chi connectivity index (χ1n) is 4.80. The molecule has 0 spiro atoms. The second kappa shape index (κ2) is 5.51. The third-order valence-electron chi connectivity index (χ3n) is 2.53. The second-order valence-corrected chi connectivity index (χ2v) is 6.20. The van der Waals surface area contributed by atoms with E-state index in [2.05, 4.69) is 8.85 Å². The van der Waals surface area contributed by atoms with Crippen molar-refractivity contribution < 1.29 is 35.6 Å². The van der Waals surface area contributed by atoms with Gasteiger partial charge in [0, 0.05) is 14.2 Å². The molecule has 0 saturated carbocycles. The zero-order chi connectivity index (χ0) is 15.0. The van der Waals surface area contributed by atoms with Gasteiger partial charge < -0.3 is 19.4 Å². The number of hydrogen-bond donors (Lipinski definition) is 2. The molecule has 4 nitrogen and oxygen atoms in total. The average molecular weight is 303 g/mol. The van der Waals surface area contributed by atoms with E-state index in [9.17, 15) is 26.7 Å². The van der Waals surface area contributed by atoms with Crippen LogP contribution in [0.1, 0.15) is 11.2 Å². The number of benzene rings is 1. The van der Waals surface area contributed by atoms with Crippen LogP contribution in [-0.2, 0) is 8.85 Å². The molecule has 0 amide bonds. The smallest absolute Gasteiger partial charge is 0.389 e. The Morgan fingerprint density at radius 2 is 1.21 bits per heavy atom. The number of hydrogen-bond acceptors (Lipinski definition) is 4. The minimum atomic E-state index is -4.33. The van der Waals surface area contributed by atoms with E-state index in [0.29, 0.717) is 0 Å². The zero-order valence-electron chi connectivity index (χ0n) is 9.81. The lowest BCUT2D eigenvalue weighted by molar-refractivity contribution is 0.138. The van der Waals surface area contributed by atoms with E-state index in [0.717, 1.165) is 14.2 Å². The van der Waals surface area contributed by atoms with Gasteiger partial charge in [0.25, 0.3) is 0 Å². The van der Waals surface area contributed by atoms with Crippen LogP contribution in [0.25, 0.3) is 0 Å². The first kappa shape index (κ1) is 16.0. The monoisotopic (exact) mass is 303 g/mol. The van der Waals surface area contributed by atoms with Crippen LogP contribution < -0.4 is 5.73 Å². The summed E-state index contributed by atoms with van der Waals surface area (Å²) in [6.45, 7) is 0. The largest absolute Gasteiger partial charge is 0.520 e. The molecular weight excluding hydrogens is 293 g/mol. The third-order valence-corrected chi connectivity index (χ3v) is 4.78. The molecule has 1 unspecified atom stereocenters. The van der Waals surface area contributed by atoms with Crippen molar-refractivity contribution >= 4 is 8.80 Å². The van der Waals surface area contributed by atoms with Gasteiger partial charge in [-0.1, -0.05) is 0 Å². The molecule has 1 aromatic carbocycles. The van der Waals surface area contributed by atoms with Gasteiger partial charge in [0.1, 0.15) is 5.67 Å². The average Bonchev–Trinajstić information content (AvgIpc) is 2.42. The summed E-state index contributed by atoms with van der Waals surface area (Å²) in [6, 6.07) is 0. The first-order chi connectivity index (χ1) is 8.71. The van der Waals surface area contributed by atoms with Crippen LogP contribution in [-0.4, -0.2) is 27.8 Å². The van der Waals surface area contributed by atoms with E-state index in [1.165, 1.54) is 0 Å². The molecule has 19 heavy (non-hydrogen) atoms. The van der Waals surface area contributed by atoms with E-state index >= 15 is 0 Å². The molecular formula is C9H10F5NO3Si. The maximum atomic E-state index is 13.5. The standard InChI is InChI=1S/C9H10F5NO3Si/c1-17-19(16,18-2)9(15)3-4(10)6(12)8(14)7(13)5(3)11/h9,16H,15H2,1-2H3. The maximum Gasteiger partial charge on any atom is 0.520 e. The normalized spacial score (nSPS) is 13.7. The zero-order valence-corrected chi connectivity index (χ0v) is 10.8. The molecule has 1 rings (SSSR count). The summed E-state index contributed by atoms with van der Waals surface area (Å²) in [5, 5.41) is 0. The van der Waals surface area contributed by atoms with Gasteiger partial charge in [-0.2, -0.15) is 0 Å². The van der Waals surface area contributed by atoms with Crippen molar-refractivity contribution in [3.05, 3.63) is 34.6 Å². The SMILES string of the molecule is CO[Si](O)(OC)C(N)c1c(F)c(F)c(F)c(F)c1F. The van der Waals surface area contributed by atoms with Crippen molar-refractivity contribution in [3.63, 3.8) is 0 Å². The van der Waals surface area contributed by atoms with Gasteiger partial charge >= 0.3 is 8.80 Å². The van der Waals surface area contributed by atoms with E-state index in [-0.39, 0.29) is 0 Å². The van der Waals surface area contributed by atoms with Crippen molar-refractivity contribution in [2.24, 2.45) is 5.73 Å². The van der Waals surface area contributed by atoms with Crippen LogP contribution in [0.2, 0.25) is 0 Å². The fourth-order valence-electron chi connectivity index (χ4n) is 1.41. The Morgan fingerprint density at radius 3 is 1.53 bits per heavy atom. The number of rotatable bonds is 4. The highest BCUT2D eigenvalue weighted by Crippen LogP contribution is 2.30. The van der Waals surface area contributed by atoms with Gasteiger partial charge in [-0.15, -0.1) is 0 Å². The second-order valence-electron chi connectivity index (χ2n) is 3.50. The number of nitrogens with two attached hydrogens (primary N) is 1. The number of halogens is 5. The summed E-state index contributed by atoms with van der Waals surface area (Å²) in [4.78, 5) is 9.75. The molecule has 10 heteroatoms. The summed E-state index contributed by atoms with van der Waals surface area (Å²) >= 11 is 0. The quantitative estimate of drug-likeness (QED) is 0.379. The molecule has 108 valence electrons. The van der Waals surface area contributed by atoms with E-state index in [4.69, 9.17) is 5.73 Å². The molecule has 0 aliphatic carbocycles. The molecule has 0 aromatic heterocycles. The lowest BCUT2D eigenvalue weighted by atomic mass is 10.1. The Labute approximate surface area is 105 Å². The highest BCUT2D eigenvalue weighted by Gasteiger charge is 2.47. The van der Waals surface area contributed by atoms with Gasteiger partial charge in [-0.05, 0) is 0 Å². The van der Waals surface area contributed by atoms with Gasteiger partial charge in [-0.25, -0.2) is 22.0 Å². The van der Waals surface area contributed by atoms with Gasteiger partial charge in [-0.3, -0.25) is 0 Å². The first-order valence-corrected chi connectivity index (χ1v) is 6.65. The maximum absolute atomic E-state index is 13.5. The summed E-state index contributed by atoms with van der Waals surface area (Å²) < 4.78 is 74.7. The molecule has 0 aliphatic rings. The van der Waals surface area contributed by atoms with Gasteiger partial charge in [0.05, 0.1) is 5.56 Å². The van der Waals surface area contributed by atoms with Gasteiger partial charge in [0.15, 0.2) is 23.3 Å². The highest BCUT2D eigenvalue weighted by molar-refractivity contribution is 6.60. The lowest BCUT2D eigenvalue weighted by Gasteiger charge is -2.26. The molecule has 0 aliphatic heterocycles. The van der Waals surface area contributed by atoms with Crippen LogP contribution in [0, 0.1) is 29.1 Å². The predicted octanol–water partition coefficient (Wildman–Crippen LogP) is 1.15. The molecule has 3 N–H and O–H groups in total. The van der Waals surface area contributed by atoms with Crippen molar-refractivity contribution in [1.82, 2.24) is 0 Å². The molecule has 0 fully saturated rings. The molecule has 0 heterocycles. The minimum Gasteiger partial charge on any atom is -0.389 e. The molecule has 1 atom stereocenters. The minimum absolute atomic E-state index is 0.932. The van der Waals surface area contributed by atoms with Crippen molar-refractivity contribution in [2.75, 3.05) is 14.2 Å². The fourth-order valence-corrected chi connectivity index (χ4v) is 2.71. The Kier molecular flexibility index (Phi) is 4.63. The van der Waals surface area contributed by atoms with Crippen LogP contribution in [0.15, 0.2) is 0 Å². The Bertz CT molecular complexity index is 468. The Morgan fingerprint density at radius 1 is 0.895 bits per heavy atom. The summed E-state index contributed by atoms with van der Waals surface area (Å²) in [5.74, 6) is -10.9. The van der Waals surface area contributed by atoms with Gasteiger partial charge in [0.2, 0.25) is 5.82 Å². The van der Waals surface area contributed by atoms with E-state index in [1.807, 2.05) is 0 Å². The topological polar surface area (TPSA) is 64.7 Å². The summed E-state index contributed by atoms with van der Waals surface area (Å²) in [6.07, 6.45) is 0. The Hall–Kier alpha value is -1.07. The molecule has 1 aromatic rings. The highest BCUT2D eigenvalue weighted by atomic mass is 28.4. The van der Waals surface area contributed by atoms with Crippen LogP contribution in [0.5, 0.6) is 0 Å². The van der Waals surface area contributed by atoms with Crippen LogP contribution in [0.4, 0.5) is 22.0 Å². The third kappa shape index (κ3) is 2.49. The van der Waals surface area contributed by atoms with E-state index < -0.39 is 49.1 Å². The Balaban J connectivity index is 3.52. The van der Waals surface area contributed by atoms with Crippen LogP contribution >= 0.6 is 0 Å². The molecule has 0 radical (unpaired) electrons. The van der Waals surface area contributed by atoms with Crippen molar-refractivity contribution in [3.8, 4) is 0 Å². The summed E-state index contributed by atoms with van der Waals surface area (Å²) in [7, 11) is -2.46. The lowest BCUT2D eigenvalue weighted by Crippen LogP contribution is -2.52. The fraction of sp³-hybridized carbons (Fsp3) is 0.333.